The van der Waals surface area contributed by atoms with Crippen LogP contribution in [0.1, 0.15) is 49.1 Å². The number of aryl methyl sites for hydroxylation is 1. The minimum atomic E-state index is -0.631. The molecule has 0 bridgehead atoms. The summed E-state index contributed by atoms with van der Waals surface area (Å²) in [4.78, 5) is 29.3. The molecule has 1 heterocycles. The van der Waals surface area contributed by atoms with Crippen LogP contribution >= 0.6 is 11.9 Å². The van der Waals surface area contributed by atoms with E-state index in [0.29, 0.717) is 17.0 Å². The van der Waals surface area contributed by atoms with Crippen molar-refractivity contribution in [3.63, 3.8) is 0 Å². The first-order chi connectivity index (χ1) is 13.1. The van der Waals surface area contributed by atoms with Crippen molar-refractivity contribution in [1.82, 2.24) is 9.97 Å². The summed E-state index contributed by atoms with van der Waals surface area (Å²) in [6.07, 6.45) is 6.66. The average molecular weight is 382 g/mol. The Kier molecular flexibility index (Phi) is 5.07. The van der Waals surface area contributed by atoms with Crippen molar-refractivity contribution < 1.29 is 0 Å². The molecule has 0 atom stereocenters. The maximum atomic E-state index is 11.5. The molecule has 0 saturated heterocycles. The van der Waals surface area contributed by atoms with Gasteiger partial charge in [0.25, 0.3) is 0 Å². The molecule has 0 spiro atoms. The molecule has 6 heteroatoms. The molecule has 2 aromatic carbocycles. The molecule has 3 N–H and O–H groups in total. The monoisotopic (exact) mass is 381 g/mol. The van der Waals surface area contributed by atoms with Crippen molar-refractivity contribution >= 4 is 28.7 Å². The van der Waals surface area contributed by atoms with Crippen molar-refractivity contribution in [2.45, 2.75) is 49.8 Å². The Morgan fingerprint density at radius 3 is 2.22 bits per heavy atom. The van der Waals surface area contributed by atoms with E-state index in [0.717, 1.165) is 16.1 Å². The van der Waals surface area contributed by atoms with Crippen LogP contribution in [-0.2, 0) is 0 Å². The zero-order valence-electron chi connectivity index (χ0n) is 15.3. The largest absolute Gasteiger partial charge is 0.326 e. The summed E-state index contributed by atoms with van der Waals surface area (Å²) in [5.74, 6) is 0.710. The van der Waals surface area contributed by atoms with E-state index in [-0.39, 0.29) is 0 Å². The maximum absolute atomic E-state index is 11.5. The van der Waals surface area contributed by atoms with Gasteiger partial charge in [0, 0.05) is 10.6 Å². The summed E-state index contributed by atoms with van der Waals surface area (Å²) in [7, 11) is 0. The molecular formula is C21H23N3O2S. The molecule has 4 rings (SSSR count). The van der Waals surface area contributed by atoms with Gasteiger partial charge in [-0.05, 0) is 73.0 Å². The number of hydrogen-bond donors (Lipinski definition) is 3. The third-order valence-corrected chi connectivity index (χ3v) is 6.28. The molecule has 1 aliphatic rings. The average Bonchev–Trinajstić information content (AvgIpc) is 2.69. The Morgan fingerprint density at radius 2 is 1.56 bits per heavy atom. The number of nitrogens with one attached hydrogen (secondary N) is 3. The summed E-state index contributed by atoms with van der Waals surface area (Å²) in [5.41, 5.74) is 3.52. The first-order valence-electron chi connectivity index (χ1n) is 9.40. The van der Waals surface area contributed by atoms with Gasteiger partial charge in [-0.25, -0.2) is 0 Å². The van der Waals surface area contributed by atoms with Crippen molar-refractivity contribution in [1.29, 1.82) is 0 Å². The minimum absolute atomic E-state index is 0.626. The summed E-state index contributed by atoms with van der Waals surface area (Å²) in [6.45, 7) is 1.99. The van der Waals surface area contributed by atoms with Gasteiger partial charge in [-0.1, -0.05) is 31.4 Å². The van der Waals surface area contributed by atoms with Gasteiger partial charge < -0.3 is 14.7 Å². The van der Waals surface area contributed by atoms with Gasteiger partial charge in [-0.15, -0.1) is 0 Å². The summed E-state index contributed by atoms with van der Waals surface area (Å²) < 4.78 is 3.38. The number of hydrogen-bond acceptors (Lipinski definition) is 4. The van der Waals surface area contributed by atoms with Crippen LogP contribution in [0.2, 0.25) is 0 Å². The van der Waals surface area contributed by atoms with E-state index in [9.17, 15) is 9.59 Å². The van der Waals surface area contributed by atoms with Gasteiger partial charge in [0.1, 0.15) is 0 Å². The molecule has 0 radical (unpaired) electrons. The van der Waals surface area contributed by atoms with E-state index in [2.05, 4.69) is 39.0 Å². The molecule has 1 saturated carbocycles. The quantitative estimate of drug-likeness (QED) is 0.452. The second-order valence-electron chi connectivity index (χ2n) is 7.23. The second-order valence-corrected chi connectivity index (χ2v) is 8.08. The van der Waals surface area contributed by atoms with Gasteiger partial charge in [-0.3, -0.25) is 9.59 Å². The van der Waals surface area contributed by atoms with Gasteiger partial charge in [0.05, 0.1) is 11.0 Å². The van der Waals surface area contributed by atoms with Gasteiger partial charge in [0.2, 0.25) is 0 Å². The molecule has 1 aromatic heterocycles. The molecule has 5 nitrogen and oxygen atoms in total. The van der Waals surface area contributed by atoms with Gasteiger partial charge in [-0.2, -0.15) is 0 Å². The molecule has 140 valence electrons. The van der Waals surface area contributed by atoms with Crippen LogP contribution in [0, 0.1) is 6.92 Å². The first kappa shape index (κ1) is 17.9. The van der Waals surface area contributed by atoms with Crippen LogP contribution in [0.4, 0.5) is 5.69 Å². The molecule has 1 aliphatic carbocycles. The van der Waals surface area contributed by atoms with Crippen LogP contribution < -0.4 is 15.8 Å². The van der Waals surface area contributed by atoms with Gasteiger partial charge >= 0.3 is 11.1 Å². The molecule has 0 aliphatic heterocycles. The molecule has 27 heavy (non-hydrogen) atoms. The zero-order chi connectivity index (χ0) is 18.8. The lowest BCUT2D eigenvalue weighted by molar-refractivity contribution is 0.443. The third kappa shape index (κ3) is 3.95. The predicted octanol–water partition coefficient (Wildman–Crippen LogP) is 4.69. The van der Waals surface area contributed by atoms with E-state index in [1.165, 1.54) is 49.6 Å². The summed E-state index contributed by atoms with van der Waals surface area (Å²) >= 11 is 1.50. The highest BCUT2D eigenvalue weighted by Gasteiger charge is 2.15. The lowest BCUT2D eigenvalue weighted by Crippen LogP contribution is -2.28. The van der Waals surface area contributed by atoms with Crippen LogP contribution in [0.3, 0.4) is 0 Å². The molecular weight excluding hydrogens is 358 g/mol. The molecule has 1 fully saturated rings. The van der Waals surface area contributed by atoms with Crippen LogP contribution in [-0.4, -0.2) is 9.97 Å². The van der Waals surface area contributed by atoms with E-state index < -0.39 is 11.1 Å². The number of rotatable bonds is 4. The normalized spacial score (nSPS) is 15.1. The third-order valence-electron chi connectivity index (χ3n) is 5.28. The Bertz CT molecular complexity index is 1060. The standard InChI is InChI=1S/C21H23N3O2S/c1-13-11-17-18(23-21(26)20(25)22-17)12-19(13)27-24-16-9-7-15(8-10-16)14-5-3-2-4-6-14/h7-12,14,24H,2-6H2,1H3,(H,22,25)(H,23,26). The fourth-order valence-corrected chi connectivity index (χ4v) is 4.50. The number of fused-ring (bicyclic) bond motifs is 1. The highest BCUT2D eigenvalue weighted by atomic mass is 32.2. The van der Waals surface area contributed by atoms with Crippen LogP contribution in [0.5, 0.6) is 0 Å². The summed E-state index contributed by atoms with van der Waals surface area (Å²) in [5, 5.41) is 0. The SMILES string of the molecule is Cc1cc2[nH]c(=O)c(=O)[nH]c2cc1SNc1ccc(C2CCCCC2)cc1. The van der Waals surface area contributed by atoms with E-state index in [4.69, 9.17) is 0 Å². The molecule has 3 aromatic rings. The fraction of sp³-hybridized carbons (Fsp3) is 0.333. The second kappa shape index (κ2) is 7.64. The van der Waals surface area contributed by atoms with E-state index >= 15 is 0 Å². The number of aromatic nitrogens is 2. The lowest BCUT2D eigenvalue weighted by Gasteiger charge is -2.22. The van der Waals surface area contributed by atoms with E-state index in [1.54, 1.807) is 0 Å². The zero-order valence-corrected chi connectivity index (χ0v) is 16.1. The number of aromatic amines is 2. The molecule has 0 unspecified atom stereocenters. The smallest absolute Gasteiger partial charge is 0.314 e. The highest BCUT2D eigenvalue weighted by Crippen LogP contribution is 2.33. The lowest BCUT2D eigenvalue weighted by atomic mass is 9.84. The number of anilines is 1. The van der Waals surface area contributed by atoms with Gasteiger partial charge in [0.15, 0.2) is 0 Å². The summed E-state index contributed by atoms with van der Waals surface area (Å²) in [6, 6.07) is 12.5. The van der Waals surface area contributed by atoms with E-state index in [1.807, 2.05) is 19.1 Å². The van der Waals surface area contributed by atoms with Crippen LogP contribution in [0.25, 0.3) is 11.0 Å². The van der Waals surface area contributed by atoms with Crippen molar-refractivity contribution in [2.75, 3.05) is 4.72 Å². The number of H-pyrrole nitrogens is 2. The van der Waals surface area contributed by atoms with Crippen LogP contribution in [0.15, 0.2) is 50.9 Å². The van der Waals surface area contributed by atoms with Crippen molar-refractivity contribution in [3.05, 3.63) is 68.2 Å². The Balaban J connectivity index is 1.49. The van der Waals surface area contributed by atoms with Crippen molar-refractivity contribution in [2.24, 2.45) is 0 Å². The predicted molar refractivity (Wildman–Crippen MR) is 112 cm³/mol. The maximum Gasteiger partial charge on any atom is 0.314 e. The topological polar surface area (TPSA) is 77.8 Å². The Hall–Kier alpha value is -2.47. The Morgan fingerprint density at radius 1 is 0.926 bits per heavy atom. The van der Waals surface area contributed by atoms with Crippen molar-refractivity contribution in [3.8, 4) is 0 Å². The Labute approximate surface area is 161 Å². The first-order valence-corrected chi connectivity index (χ1v) is 10.2. The molecule has 0 amide bonds. The fourth-order valence-electron chi connectivity index (χ4n) is 3.74. The minimum Gasteiger partial charge on any atom is -0.326 e. The highest BCUT2D eigenvalue weighted by molar-refractivity contribution is 8.00. The number of benzene rings is 2.